The van der Waals surface area contributed by atoms with E-state index >= 15 is 0 Å². The zero-order chi connectivity index (χ0) is 23.9. The van der Waals surface area contributed by atoms with E-state index in [0.29, 0.717) is 37.3 Å². The maximum Gasteiger partial charge on any atom is 0.205 e. The molecule has 2 N–H and O–H groups in total. The van der Waals surface area contributed by atoms with Crippen molar-refractivity contribution in [3.8, 4) is 11.8 Å². The average Bonchev–Trinajstić information content (AvgIpc) is 3.16. The summed E-state index contributed by atoms with van der Waals surface area (Å²) < 4.78 is 13.9. The largest absolute Gasteiger partial charge is 0.492 e. The lowest BCUT2D eigenvalue weighted by Gasteiger charge is -2.37. The van der Waals surface area contributed by atoms with Gasteiger partial charge in [-0.15, -0.1) is 0 Å². The summed E-state index contributed by atoms with van der Waals surface area (Å²) in [5, 5.41) is 11.0. The minimum atomic E-state index is -0.543. The monoisotopic (exact) mass is 453 g/mol. The summed E-state index contributed by atoms with van der Waals surface area (Å²) in [4.78, 5) is 13.3. The summed E-state index contributed by atoms with van der Waals surface area (Å²) in [6, 6.07) is 19.9. The highest BCUT2D eigenvalue weighted by Gasteiger charge is 2.43. The van der Waals surface area contributed by atoms with E-state index in [9.17, 15) is 10.1 Å². The molecule has 5 rings (SSSR count). The van der Waals surface area contributed by atoms with Gasteiger partial charge in [0.05, 0.1) is 12.5 Å². The fourth-order valence-electron chi connectivity index (χ4n) is 5.06. The zero-order valence-electron chi connectivity index (χ0n) is 19.4. The number of nitrogens with two attached hydrogens (primary N) is 1. The van der Waals surface area contributed by atoms with E-state index in [0.717, 1.165) is 22.2 Å². The Morgan fingerprint density at radius 3 is 2.65 bits per heavy atom. The Morgan fingerprint density at radius 2 is 1.88 bits per heavy atom. The van der Waals surface area contributed by atoms with Crippen molar-refractivity contribution in [2.24, 2.45) is 11.1 Å². The minimum Gasteiger partial charge on any atom is -0.492 e. The van der Waals surface area contributed by atoms with Crippen molar-refractivity contribution in [2.45, 2.75) is 39.2 Å². The van der Waals surface area contributed by atoms with Crippen molar-refractivity contribution < 1.29 is 14.3 Å². The molecule has 3 aromatic rings. The molecule has 34 heavy (non-hydrogen) atoms. The molecule has 1 unspecified atom stereocenters. The van der Waals surface area contributed by atoms with Crippen LogP contribution in [-0.4, -0.2) is 17.0 Å². The lowest BCUT2D eigenvalue weighted by Crippen LogP contribution is -2.33. The van der Waals surface area contributed by atoms with Crippen LogP contribution in [0.1, 0.15) is 38.2 Å². The Bertz CT molecular complexity index is 1370. The van der Waals surface area contributed by atoms with Gasteiger partial charge in [0.15, 0.2) is 5.78 Å². The van der Waals surface area contributed by atoms with Gasteiger partial charge in [0.2, 0.25) is 5.88 Å². The van der Waals surface area contributed by atoms with Gasteiger partial charge in [-0.2, -0.15) is 5.26 Å². The van der Waals surface area contributed by atoms with Crippen LogP contribution >= 0.6 is 0 Å². The molecule has 0 saturated carbocycles. The number of allylic oxidation sites excluding steroid dienone is 3. The van der Waals surface area contributed by atoms with Gasteiger partial charge in [-0.25, -0.2) is 0 Å². The van der Waals surface area contributed by atoms with Gasteiger partial charge < -0.3 is 19.8 Å². The quantitative estimate of drug-likeness (QED) is 0.575. The molecule has 1 aliphatic heterocycles. The second-order valence-corrected chi connectivity index (χ2v) is 9.66. The van der Waals surface area contributed by atoms with E-state index in [1.54, 1.807) is 0 Å². The molecule has 0 radical (unpaired) electrons. The number of ketones is 1. The first-order valence-electron chi connectivity index (χ1n) is 11.5. The highest BCUT2D eigenvalue weighted by molar-refractivity contribution is 6.01. The van der Waals surface area contributed by atoms with Gasteiger partial charge in [0.1, 0.15) is 29.8 Å². The lowest BCUT2D eigenvalue weighted by atomic mass is 9.70. The predicted octanol–water partition coefficient (Wildman–Crippen LogP) is 5.17. The van der Waals surface area contributed by atoms with Gasteiger partial charge in [0, 0.05) is 35.5 Å². The summed E-state index contributed by atoms with van der Waals surface area (Å²) in [6.07, 6.45) is 3.04. The minimum absolute atomic E-state index is 0.0146. The van der Waals surface area contributed by atoms with Gasteiger partial charge in [-0.1, -0.05) is 50.2 Å². The lowest BCUT2D eigenvalue weighted by molar-refractivity contribution is -0.119. The van der Waals surface area contributed by atoms with Crippen molar-refractivity contribution in [3.05, 3.63) is 89.1 Å². The number of Topliss-reactive ketones (excluding diaryl/α,β-unsaturated/α-hetero) is 1. The molecule has 0 spiro atoms. The second-order valence-electron chi connectivity index (χ2n) is 9.66. The standard InChI is InChI=1S/C28H27N3O3/c1-28(2)14-23(32)26-24(15-28)34-27(30)20(16-29)25(26)21-17-31(22-11-7-6-10-19(21)22)12-13-33-18-8-4-3-5-9-18/h3-11,17,25H,12-15,30H2,1-2H3. The number of hydrogen-bond acceptors (Lipinski definition) is 5. The number of aromatic nitrogens is 1. The summed E-state index contributed by atoms with van der Waals surface area (Å²) in [5.74, 6) is 0.962. The highest BCUT2D eigenvalue weighted by Crippen LogP contribution is 2.49. The first-order valence-corrected chi connectivity index (χ1v) is 11.5. The topological polar surface area (TPSA) is 90.3 Å². The van der Waals surface area contributed by atoms with E-state index in [-0.39, 0.29) is 22.7 Å². The molecular weight excluding hydrogens is 426 g/mol. The number of rotatable bonds is 5. The molecule has 2 aliphatic rings. The Balaban J connectivity index is 1.57. The second kappa shape index (κ2) is 8.42. The van der Waals surface area contributed by atoms with E-state index in [1.165, 1.54) is 0 Å². The third-order valence-electron chi connectivity index (χ3n) is 6.55. The van der Waals surface area contributed by atoms with Crippen LogP contribution in [0.25, 0.3) is 10.9 Å². The maximum absolute atomic E-state index is 13.3. The van der Waals surface area contributed by atoms with Gasteiger partial charge >= 0.3 is 0 Å². The van der Waals surface area contributed by atoms with Crippen LogP contribution in [0, 0.1) is 16.7 Å². The van der Waals surface area contributed by atoms with E-state index < -0.39 is 5.92 Å². The number of nitriles is 1. The van der Waals surface area contributed by atoms with Gasteiger partial charge in [0.25, 0.3) is 0 Å². The average molecular weight is 454 g/mol. The zero-order valence-corrected chi connectivity index (χ0v) is 19.4. The first-order chi connectivity index (χ1) is 16.4. The van der Waals surface area contributed by atoms with E-state index in [1.807, 2.05) is 74.6 Å². The van der Waals surface area contributed by atoms with Crippen LogP contribution in [-0.2, 0) is 16.1 Å². The van der Waals surface area contributed by atoms with Crippen LogP contribution < -0.4 is 10.5 Å². The highest BCUT2D eigenvalue weighted by atomic mass is 16.5. The Morgan fingerprint density at radius 1 is 1.15 bits per heavy atom. The number of benzene rings is 2. The van der Waals surface area contributed by atoms with Crippen LogP contribution in [0.3, 0.4) is 0 Å². The third kappa shape index (κ3) is 3.84. The number of carbonyl (C=O) groups is 1. The fourth-order valence-corrected chi connectivity index (χ4v) is 5.06. The number of nitrogens with zero attached hydrogens (tertiary/aromatic N) is 2. The van der Waals surface area contributed by atoms with Crippen LogP contribution in [0.2, 0.25) is 0 Å². The molecule has 0 amide bonds. The number of fused-ring (bicyclic) bond motifs is 1. The molecule has 0 fully saturated rings. The first kappa shape index (κ1) is 21.8. The SMILES string of the molecule is CC1(C)CC(=O)C2=C(C1)OC(N)=C(C#N)C2c1cn(CCOc2ccccc2)c2ccccc12. The number of carbonyl (C=O) groups excluding carboxylic acids is 1. The number of para-hydroxylation sites is 2. The molecule has 1 aliphatic carbocycles. The van der Waals surface area contributed by atoms with Crippen molar-refractivity contribution >= 4 is 16.7 Å². The van der Waals surface area contributed by atoms with Crippen molar-refractivity contribution in [2.75, 3.05) is 6.61 Å². The summed E-state index contributed by atoms with van der Waals surface area (Å²) in [6.45, 7) is 5.20. The molecular formula is C28H27N3O3. The van der Waals surface area contributed by atoms with Crippen molar-refractivity contribution in [3.63, 3.8) is 0 Å². The maximum atomic E-state index is 13.3. The molecule has 2 aromatic carbocycles. The Labute approximate surface area is 198 Å². The fraction of sp³-hybridized carbons (Fsp3) is 0.286. The molecule has 6 heteroatoms. The van der Waals surface area contributed by atoms with Crippen LogP contribution in [0.4, 0.5) is 0 Å². The molecule has 0 bridgehead atoms. The Hall–Kier alpha value is -3.98. The number of ether oxygens (including phenoxy) is 2. The Kier molecular flexibility index (Phi) is 5.41. The van der Waals surface area contributed by atoms with Gasteiger partial charge in [-0.3, -0.25) is 4.79 Å². The number of hydrogen-bond donors (Lipinski definition) is 1. The smallest absolute Gasteiger partial charge is 0.205 e. The van der Waals surface area contributed by atoms with Gasteiger partial charge in [-0.05, 0) is 29.2 Å². The molecule has 0 saturated heterocycles. The van der Waals surface area contributed by atoms with E-state index in [4.69, 9.17) is 15.2 Å². The molecule has 6 nitrogen and oxygen atoms in total. The van der Waals surface area contributed by atoms with Crippen LogP contribution in [0.15, 0.2) is 83.6 Å². The van der Waals surface area contributed by atoms with E-state index in [2.05, 4.69) is 10.6 Å². The summed E-state index contributed by atoms with van der Waals surface area (Å²) in [5.41, 5.74) is 8.76. The normalized spacial score (nSPS) is 19.6. The molecule has 1 aromatic heterocycles. The summed E-state index contributed by atoms with van der Waals surface area (Å²) in [7, 11) is 0. The summed E-state index contributed by atoms with van der Waals surface area (Å²) >= 11 is 0. The molecule has 172 valence electrons. The van der Waals surface area contributed by atoms with Crippen molar-refractivity contribution in [1.82, 2.24) is 4.57 Å². The third-order valence-corrected chi connectivity index (χ3v) is 6.55. The molecule has 1 atom stereocenters. The van der Waals surface area contributed by atoms with Crippen LogP contribution in [0.5, 0.6) is 5.75 Å². The van der Waals surface area contributed by atoms with Crippen molar-refractivity contribution in [1.29, 1.82) is 5.26 Å². The molecule has 2 heterocycles. The predicted molar refractivity (Wildman–Crippen MR) is 130 cm³/mol.